The molecule has 1 saturated heterocycles. The molecule has 0 radical (unpaired) electrons. The fraction of sp³-hybridized carbons (Fsp3) is 0.667. The van der Waals surface area contributed by atoms with Crippen LogP contribution in [0.3, 0.4) is 0 Å². The highest BCUT2D eigenvalue weighted by Crippen LogP contribution is 2.31. The van der Waals surface area contributed by atoms with E-state index < -0.39 is 0 Å². The SMILES string of the molecule is COCCOc1cc(N2CCOCC2)ccc1NCC(C)(C)C. The molecule has 0 atom stereocenters. The molecule has 1 aliphatic heterocycles. The van der Waals surface area contributed by atoms with Crippen molar-refractivity contribution in [3.05, 3.63) is 18.2 Å². The Labute approximate surface area is 139 Å². The number of anilines is 2. The summed E-state index contributed by atoms with van der Waals surface area (Å²) in [6.45, 7) is 12.1. The third-order valence-corrected chi connectivity index (χ3v) is 3.70. The molecule has 0 bridgehead atoms. The number of nitrogens with zero attached hydrogens (tertiary/aromatic N) is 1. The third-order valence-electron chi connectivity index (χ3n) is 3.70. The van der Waals surface area contributed by atoms with Crippen molar-refractivity contribution < 1.29 is 14.2 Å². The monoisotopic (exact) mass is 322 g/mol. The first-order valence-corrected chi connectivity index (χ1v) is 8.32. The van der Waals surface area contributed by atoms with Crippen molar-refractivity contribution >= 4 is 11.4 Å². The summed E-state index contributed by atoms with van der Waals surface area (Å²) in [6, 6.07) is 6.38. The molecule has 130 valence electrons. The molecular weight excluding hydrogens is 292 g/mol. The zero-order valence-corrected chi connectivity index (χ0v) is 14.9. The molecule has 1 aromatic carbocycles. The van der Waals surface area contributed by atoms with Gasteiger partial charge in [0.2, 0.25) is 0 Å². The van der Waals surface area contributed by atoms with Gasteiger partial charge in [-0.3, -0.25) is 0 Å². The lowest BCUT2D eigenvalue weighted by molar-refractivity contribution is 0.122. The molecule has 0 spiro atoms. The van der Waals surface area contributed by atoms with Crippen molar-refractivity contribution in [2.45, 2.75) is 20.8 Å². The van der Waals surface area contributed by atoms with Crippen LogP contribution in [-0.2, 0) is 9.47 Å². The maximum Gasteiger partial charge on any atom is 0.144 e. The largest absolute Gasteiger partial charge is 0.489 e. The Morgan fingerprint density at radius 3 is 2.57 bits per heavy atom. The molecule has 1 heterocycles. The van der Waals surface area contributed by atoms with E-state index in [9.17, 15) is 0 Å². The predicted molar refractivity (Wildman–Crippen MR) is 94.8 cm³/mol. The van der Waals surface area contributed by atoms with E-state index in [0.29, 0.717) is 13.2 Å². The molecule has 0 saturated carbocycles. The van der Waals surface area contributed by atoms with Gasteiger partial charge in [-0.15, -0.1) is 0 Å². The van der Waals surface area contributed by atoms with Gasteiger partial charge in [-0.05, 0) is 17.5 Å². The zero-order chi connectivity index (χ0) is 16.7. The maximum absolute atomic E-state index is 5.93. The Morgan fingerprint density at radius 1 is 1.17 bits per heavy atom. The normalized spacial score (nSPS) is 15.6. The molecule has 5 heteroatoms. The van der Waals surface area contributed by atoms with Crippen LogP contribution in [0.4, 0.5) is 11.4 Å². The van der Waals surface area contributed by atoms with Crippen LogP contribution in [-0.4, -0.2) is 53.2 Å². The van der Waals surface area contributed by atoms with E-state index in [-0.39, 0.29) is 5.41 Å². The number of rotatable bonds is 7. The lowest BCUT2D eigenvalue weighted by atomic mass is 9.97. The van der Waals surface area contributed by atoms with Crippen LogP contribution >= 0.6 is 0 Å². The van der Waals surface area contributed by atoms with Crippen LogP contribution in [0.25, 0.3) is 0 Å². The second-order valence-electron chi connectivity index (χ2n) is 7.04. The number of hydrogen-bond acceptors (Lipinski definition) is 5. The molecule has 0 unspecified atom stereocenters. The molecule has 0 aliphatic carbocycles. The number of hydrogen-bond donors (Lipinski definition) is 1. The summed E-state index contributed by atoms with van der Waals surface area (Å²) in [5, 5.41) is 3.50. The number of nitrogens with one attached hydrogen (secondary N) is 1. The summed E-state index contributed by atoms with van der Waals surface area (Å²) in [5.74, 6) is 0.885. The third kappa shape index (κ3) is 5.92. The first kappa shape index (κ1) is 17.9. The zero-order valence-electron chi connectivity index (χ0n) is 14.9. The van der Waals surface area contributed by atoms with E-state index in [1.54, 1.807) is 7.11 Å². The van der Waals surface area contributed by atoms with Gasteiger partial charge in [-0.2, -0.15) is 0 Å². The van der Waals surface area contributed by atoms with Gasteiger partial charge in [-0.25, -0.2) is 0 Å². The fourth-order valence-corrected chi connectivity index (χ4v) is 2.39. The Kier molecular flexibility index (Phi) is 6.54. The number of benzene rings is 1. The van der Waals surface area contributed by atoms with Crippen molar-refractivity contribution in [2.24, 2.45) is 5.41 Å². The summed E-state index contributed by atoms with van der Waals surface area (Å²) in [4.78, 5) is 2.33. The van der Waals surface area contributed by atoms with Crippen LogP contribution < -0.4 is 15.0 Å². The topological polar surface area (TPSA) is 43.0 Å². The van der Waals surface area contributed by atoms with Gasteiger partial charge in [0.1, 0.15) is 12.4 Å². The lowest BCUT2D eigenvalue weighted by Gasteiger charge is -2.29. The molecule has 1 aliphatic rings. The molecule has 5 nitrogen and oxygen atoms in total. The molecule has 2 rings (SSSR count). The van der Waals surface area contributed by atoms with Crippen LogP contribution in [0.15, 0.2) is 18.2 Å². The van der Waals surface area contributed by atoms with E-state index in [2.05, 4.69) is 49.2 Å². The van der Waals surface area contributed by atoms with Gasteiger partial charge in [0.15, 0.2) is 0 Å². The van der Waals surface area contributed by atoms with Gasteiger partial charge in [0.05, 0.1) is 25.5 Å². The quantitative estimate of drug-likeness (QED) is 0.782. The van der Waals surface area contributed by atoms with Crippen LogP contribution in [0, 0.1) is 5.41 Å². The van der Waals surface area contributed by atoms with Gasteiger partial charge in [0, 0.05) is 38.5 Å². The summed E-state index contributed by atoms with van der Waals surface area (Å²) < 4.78 is 16.4. The summed E-state index contributed by atoms with van der Waals surface area (Å²) in [7, 11) is 1.69. The van der Waals surface area contributed by atoms with Crippen molar-refractivity contribution in [3.8, 4) is 5.75 Å². The summed E-state index contributed by atoms with van der Waals surface area (Å²) in [5.41, 5.74) is 2.43. The Balaban J connectivity index is 2.12. The minimum Gasteiger partial charge on any atom is -0.489 e. The first-order chi connectivity index (χ1) is 11.0. The molecule has 0 aromatic heterocycles. The van der Waals surface area contributed by atoms with Crippen LogP contribution in [0.2, 0.25) is 0 Å². The molecule has 0 amide bonds. The number of ether oxygens (including phenoxy) is 3. The highest BCUT2D eigenvalue weighted by molar-refractivity contribution is 5.64. The number of methoxy groups -OCH3 is 1. The standard InChI is InChI=1S/C18H30N2O3/c1-18(2,3)14-19-16-6-5-15(20-7-9-22-10-8-20)13-17(16)23-12-11-21-4/h5-6,13,19H,7-12,14H2,1-4H3. The second-order valence-corrected chi connectivity index (χ2v) is 7.04. The van der Waals surface area contributed by atoms with E-state index in [1.165, 1.54) is 5.69 Å². The molecule has 1 aromatic rings. The predicted octanol–water partition coefficient (Wildman–Crippen LogP) is 3.01. The second kappa shape index (κ2) is 8.41. The van der Waals surface area contributed by atoms with Crippen LogP contribution in [0.1, 0.15) is 20.8 Å². The number of morpholine rings is 1. The highest BCUT2D eigenvalue weighted by Gasteiger charge is 2.15. The Bertz CT molecular complexity index is 480. The van der Waals surface area contributed by atoms with E-state index >= 15 is 0 Å². The Hall–Kier alpha value is -1.46. The van der Waals surface area contributed by atoms with Gasteiger partial charge < -0.3 is 24.4 Å². The van der Waals surface area contributed by atoms with E-state index in [4.69, 9.17) is 14.2 Å². The van der Waals surface area contributed by atoms with E-state index in [1.807, 2.05) is 0 Å². The van der Waals surface area contributed by atoms with E-state index in [0.717, 1.165) is 44.3 Å². The van der Waals surface area contributed by atoms with Crippen molar-refractivity contribution in [2.75, 3.05) is 63.4 Å². The van der Waals surface area contributed by atoms with Crippen molar-refractivity contribution in [3.63, 3.8) is 0 Å². The van der Waals surface area contributed by atoms with Gasteiger partial charge >= 0.3 is 0 Å². The first-order valence-electron chi connectivity index (χ1n) is 8.32. The van der Waals surface area contributed by atoms with Crippen molar-refractivity contribution in [1.82, 2.24) is 0 Å². The minimum atomic E-state index is 0.215. The highest BCUT2D eigenvalue weighted by atomic mass is 16.5. The smallest absolute Gasteiger partial charge is 0.144 e. The molecule has 1 fully saturated rings. The van der Waals surface area contributed by atoms with Crippen molar-refractivity contribution in [1.29, 1.82) is 0 Å². The maximum atomic E-state index is 5.93. The summed E-state index contributed by atoms with van der Waals surface area (Å²) >= 11 is 0. The molecular formula is C18H30N2O3. The lowest BCUT2D eigenvalue weighted by Crippen LogP contribution is -2.36. The average molecular weight is 322 g/mol. The molecule has 23 heavy (non-hydrogen) atoms. The van der Waals surface area contributed by atoms with Crippen LogP contribution in [0.5, 0.6) is 5.75 Å². The fourth-order valence-electron chi connectivity index (χ4n) is 2.39. The summed E-state index contributed by atoms with van der Waals surface area (Å²) in [6.07, 6.45) is 0. The minimum absolute atomic E-state index is 0.215. The average Bonchev–Trinajstić information content (AvgIpc) is 2.54. The van der Waals surface area contributed by atoms with Gasteiger partial charge in [0.25, 0.3) is 0 Å². The molecule has 1 N–H and O–H groups in total. The Morgan fingerprint density at radius 2 is 1.91 bits per heavy atom. The van der Waals surface area contributed by atoms with Gasteiger partial charge in [-0.1, -0.05) is 20.8 Å².